The summed E-state index contributed by atoms with van der Waals surface area (Å²) in [6.45, 7) is 2.14. The first-order valence-corrected chi connectivity index (χ1v) is 8.47. The average molecular weight is 389 g/mol. The zero-order valence-corrected chi connectivity index (χ0v) is 14.6. The summed E-state index contributed by atoms with van der Waals surface area (Å²) in [5.74, 6) is -0.436. The van der Waals surface area contributed by atoms with Crippen LogP contribution in [0.2, 0.25) is 0 Å². The molecule has 1 aliphatic rings. The molecular formula is C18H17BrN2O3. The Labute approximate surface area is 148 Å². The molecule has 1 aliphatic heterocycles. The van der Waals surface area contributed by atoms with E-state index in [-0.39, 0.29) is 11.8 Å². The van der Waals surface area contributed by atoms with E-state index >= 15 is 0 Å². The van der Waals surface area contributed by atoms with Crippen molar-refractivity contribution in [2.45, 2.75) is 0 Å². The van der Waals surface area contributed by atoms with Crippen molar-refractivity contribution in [1.82, 2.24) is 4.90 Å². The Balaban J connectivity index is 1.81. The van der Waals surface area contributed by atoms with Crippen molar-refractivity contribution in [2.24, 2.45) is 0 Å². The number of halogens is 1. The van der Waals surface area contributed by atoms with Crippen LogP contribution in [0, 0.1) is 0 Å². The van der Waals surface area contributed by atoms with Crippen molar-refractivity contribution in [3.63, 3.8) is 0 Å². The standard InChI is InChI=1S/C18H17BrN2O3/c19-13-5-7-14(8-6-13)20-17(22)15-3-1-2-4-16(15)18(23)21-9-11-24-12-10-21/h1-8H,9-12H2,(H,20,22). The van der Waals surface area contributed by atoms with E-state index in [2.05, 4.69) is 21.2 Å². The van der Waals surface area contributed by atoms with E-state index in [0.29, 0.717) is 43.1 Å². The highest BCUT2D eigenvalue weighted by molar-refractivity contribution is 9.10. The van der Waals surface area contributed by atoms with Gasteiger partial charge in [-0.3, -0.25) is 9.59 Å². The molecule has 1 saturated heterocycles. The first kappa shape index (κ1) is 16.7. The maximum Gasteiger partial charge on any atom is 0.256 e. The molecule has 5 nitrogen and oxygen atoms in total. The Morgan fingerprint density at radius 3 is 2.25 bits per heavy atom. The van der Waals surface area contributed by atoms with E-state index in [0.717, 1.165) is 4.47 Å². The van der Waals surface area contributed by atoms with Gasteiger partial charge in [-0.2, -0.15) is 0 Å². The summed E-state index contributed by atoms with van der Waals surface area (Å²) in [5.41, 5.74) is 1.46. The van der Waals surface area contributed by atoms with Crippen LogP contribution < -0.4 is 5.32 Å². The van der Waals surface area contributed by atoms with Crippen LogP contribution in [0.5, 0.6) is 0 Å². The van der Waals surface area contributed by atoms with E-state index in [4.69, 9.17) is 4.74 Å². The quantitative estimate of drug-likeness (QED) is 0.878. The molecule has 124 valence electrons. The summed E-state index contributed by atoms with van der Waals surface area (Å²) >= 11 is 3.36. The first-order chi connectivity index (χ1) is 11.6. The van der Waals surface area contributed by atoms with E-state index in [1.807, 2.05) is 12.1 Å². The molecule has 2 aromatic carbocycles. The summed E-state index contributed by atoms with van der Waals surface area (Å²) < 4.78 is 6.21. The minimum absolute atomic E-state index is 0.139. The molecule has 2 amide bonds. The number of carbonyl (C=O) groups excluding carboxylic acids is 2. The van der Waals surface area contributed by atoms with Crippen LogP contribution in [0.1, 0.15) is 20.7 Å². The number of hydrogen-bond donors (Lipinski definition) is 1. The normalized spacial score (nSPS) is 14.3. The van der Waals surface area contributed by atoms with Crippen LogP contribution in [-0.4, -0.2) is 43.0 Å². The van der Waals surface area contributed by atoms with Gasteiger partial charge in [-0.15, -0.1) is 0 Å². The molecule has 1 heterocycles. The lowest BCUT2D eigenvalue weighted by Crippen LogP contribution is -2.41. The zero-order chi connectivity index (χ0) is 16.9. The predicted octanol–water partition coefficient (Wildman–Crippen LogP) is 3.17. The highest BCUT2D eigenvalue weighted by atomic mass is 79.9. The number of ether oxygens (including phenoxy) is 1. The predicted molar refractivity (Wildman–Crippen MR) is 95.3 cm³/mol. The van der Waals surface area contributed by atoms with E-state index < -0.39 is 0 Å². The molecule has 0 aromatic heterocycles. The second-order valence-electron chi connectivity index (χ2n) is 5.41. The van der Waals surface area contributed by atoms with E-state index in [9.17, 15) is 9.59 Å². The fraction of sp³-hybridized carbons (Fsp3) is 0.222. The number of carbonyl (C=O) groups is 2. The maximum absolute atomic E-state index is 12.7. The van der Waals surface area contributed by atoms with E-state index in [1.54, 1.807) is 41.3 Å². The Bertz CT molecular complexity index is 740. The number of benzene rings is 2. The molecule has 0 unspecified atom stereocenters. The molecule has 0 aliphatic carbocycles. The number of nitrogens with zero attached hydrogens (tertiary/aromatic N) is 1. The fourth-order valence-electron chi connectivity index (χ4n) is 2.54. The molecule has 24 heavy (non-hydrogen) atoms. The van der Waals surface area contributed by atoms with Crippen LogP contribution in [0.4, 0.5) is 5.69 Å². The third kappa shape index (κ3) is 3.83. The van der Waals surface area contributed by atoms with Gasteiger partial charge in [-0.25, -0.2) is 0 Å². The molecular weight excluding hydrogens is 372 g/mol. The lowest BCUT2D eigenvalue weighted by Gasteiger charge is -2.27. The van der Waals surface area contributed by atoms with Crippen LogP contribution in [0.25, 0.3) is 0 Å². The zero-order valence-electron chi connectivity index (χ0n) is 13.0. The summed E-state index contributed by atoms with van der Waals surface area (Å²) in [6.07, 6.45) is 0. The number of nitrogens with one attached hydrogen (secondary N) is 1. The Morgan fingerprint density at radius 1 is 0.958 bits per heavy atom. The number of amides is 2. The highest BCUT2D eigenvalue weighted by Gasteiger charge is 2.23. The molecule has 0 saturated carbocycles. The minimum atomic E-state index is -0.297. The molecule has 0 atom stereocenters. The molecule has 0 radical (unpaired) electrons. The second kappa shape index (κ2) is 7.59. The lowest BCUT2D eigenvalue weighted by molar-refractivity contribution is 0.0302. The molecule has 0 bridgehead atoms. The van der Waals surface area contributed by atoms with Crippen molar-refractivity contribution < 1.29 is 14.3 Å². The van der Waals surface area contributed by atoms with Gasteiger partial charge >= 0.3 is 0 Å². The molecule has 3 rings (SSSR count). The van der Waals surface area contributed by atoms with Gasteiger partial charge in [0.15, 0.2) is 0 Å². The lowest BCUT2D eigenvalue weighted by atomic mass is 10.0. The van der Waals surface area contributed by atoms with Gasteiger partial charge in [0.2, 0.25) is 0 Å². The number of rotatable bonds is 3. The SMILES string of the molecule is O=C(Nc1ccc(Br)cc1)c1ccccc1C(=O)N1CCOCC1. The van der Waals surface area contributed by atoms with Crippen molar-refractivity contribution in [3.8, 4) is 0 Å². The largest absolute Gasteiger partial charge is 0.378 e. The van der Waals surface area contributed by atoms with Crippen LogP contribution in [-0.2, 0) is 4.74 Å². The van der Waals surface area contributed by atoms with Gasteiger partial charge < -0.3 is 15.0 Å². The molecule has 2 aromatic rings. The minimum Gasteiger partial charge on any atom is -0.378 e. The highest BCUT2D eigenvalue weighted by Crippen LogP contribution is 2.18. The van der Waals surface area contributed by atoms with Gasteiger partial charge in [-0.05, 0) is 36.4 Å². The third-order valence-corrected chi connectivity index (χ3v) is 4.33. The van der Waals surface area contributed by atoms with Crippen molar-refractivity contribution in [3.05, 3.63) is 64.1 Å². The number of hydrogen-bond acceptors (Lipinski definition) is 3. The number of anilines is 1. The monoisotopic (exact) mass is 388 g/mol. The Morgan fingerprint density at radius 2 is 1.58 bits per heavy atom. The summed E-state index contributed by atoms with van der Waals surface area (Å²) in [5, 5.41) is 2.83. The van der Waals surface area contributed by atoms with Gasteiger partial charge in [0, 0.05) is 23.2 Å². The molecule has 0 spiro atoms. The summed E-state index contributed by atoms with van der Waals surface area (Å²) in [4.78, 5) is 27.0. The second-order valence-corrected chi connectivity index (χ2v) is 6.33. The van der Waals surface area contributed by atoms with Crippen molar-refractivity contribution in [2.75, 3.05) is 31.6 Å². The number of morpholine rings is 1. The van der Waals surface area contributed by atoms with E-state index in [1.165, 1.54) is 0 Å². The first-order valence-electron chi connectivity index (χ1n) is 7.68. The van der Waals surface area contributed by atoms with Crippen molar-refractivity contribution in [1.29, 1.82) is 0 Å². The Hall–Kier alpha value is -2.18. The summed E-state index contributed by atoms with van der Waals surface area (Å²) in [7, 11) is 0. The van der Waals surface area contributed by atoms with Gasteiger partial charge in [-0.1, -0.05) is 28.1 Å². The topological polar surface area (TPSA) is 58.6 Å². The fourth-order valence-corrected chi connectivity index (χ4v) is 2.80. The Kier molecular flexibility index (Phi) is 5.27. The van der Waals surface area contributed by atoms with Crippen molar-refractivity contribution >= 4 is 33.4 Å². The maximum atomic E-state index is 12.7. The van der Waals surface area contributed by atoms with Crippen LogP contribution in [0.15, 0.2) is 53.0 Å². The smallest absolute Gasteiger partial charge is 0.256 e. The molecule has 1 N–H and O–H groups in total. The summed E-state index contributed by atoms with van der Waals surface area (Å²) in [6, 6.07) is 14.2. The average Bonchev–Trinajstić information content (AvgIpc) is 2.63. The molecule has 1 fully saturated rings. The van der Waals surface area contributed by atoms with Gasteiger partial charge in [0.25, 0.3) is 11.8 Å². The van der Waals surface area contributed by atoms with Crippen LogP contribution in [0.3, 0.4) is 0 Å². The van der Waals surface area contributed by atoms with Gasteiger partial charge in [0.1, 0.15) is 0 Å². The molecule has 6 heteroatoms. The third-order valence-electron chi connectivity index (χ3n) is 3.80. The van der Waals surface area contributed by atoms with Gasteiger partial charge in [0.05, 0.1) is 24.3 Å². The van der Waals surface area contributed by atoms with Crippen LogP contribution >= 0.6 is 15.9 Å².